The number of rotatable bonds is 6. The van der Waals surface area contributed by atoms with E-state index in [1.807, 2.05) is 6.92 Å². The second-order valence-corrected chi connectivity index (χ2v) is 4.19. The Labute approximate surface area is 110 Å². The van der Waals surface area contributed by atoms with Crippen molar-refractivity contribution in [3.05, 3.63) is 33.9 Å². The largest absolute Gasteiger partial charge is 0.496 e. The third kappa shape index (κ3) is 3.92. The molecule has 7 heteroatoms. The third-order valence-corrected chi connectivity index (χ3v) is 2.65. The molecular formula is C12H17N3O4. The van der Waals surface area contributed by atoms with E-state index in [0.29, 0.717) is 18.8 Å². The van der Waals surface area contributed by atoms with Crippen LogP contribution in [-0.2, 0) is 0 Å². The molecule has 19 heavy (non-hydrogen) atoms. The van der Waals surface area contributed by atoms with Gasteiger partial charge in [-0.25, -0.2) is 0 Å². The molecule has 0 fully saturated rings. The van der Waals surface area contributed by atoms with E-state index in [9.17, 15) is 14.9 Å². The molecule has 1 atom stereocenters. The first-order valence-corrected chi connectivity index (χ1v) is 5.80. The molecule has 0 radical (unpaired) electrons. The Balaban J connectivity index is 2.93. The molecule has 0 aromatic heterocycles. The highest BCUT2D eigenvalue weighted by Crippen LogP contribution is 2.23. The van der Waals surface area contributed by atoms with Gasteiger partial charge in [0.15, 0.2) is 0 Å². The number of carbonyl (C=O) groups excluding carboxylic acids is 1. The first-order valence-electron chi connectivity index (χ1n) is 5.80. The van der Waals surface area contributed by atoms with Gasteiger partial charge < -0.3 is 15.8 Å². The van der Waals surface area contributed by atoms with Gasteiger partial charge in [-0.2, -0.15) is 0 Å². The second kappa shape index (κ2) is 6.69. The van der Waals surface area contributed by atoms with E-state index in [1.54, 1.807) is 0 Å². The fourth-order valence-corrected chi connectivity index (χ4v) is 1.43. The van der Waals surface area contributed by atoms with Gasteiger partial charge in [-0.3, -0.25) is 14.9 Å². The number of nitrogens with one attached hydrogen (secondary N) is 1. The molecule has 1 aromatic carbocycles. The number of non-ortho nitro benzene ring substituents is 1. The summed E-state index contributed by atoms with van der Waals surface area (Å²) in [5.41, 5.74) is 5.44. The monoisotopic (exact) mass is 267 g/mol. The predicted molar refractivity (Wildman–Crippen MR) is 70.2 cm³/mol. The summed E-state index contributed by atoms with van der Waals surface area (Å²) in [5, 5.41) is 13.4. The number of nitrogens with zero attached hydrogens (tertiary/aromatic N) is 1. The van der Waals surface area contributed by atoms with Crippen molar-refractivity contribution in [3.63, 3.8) is 0 Å². The van der Waals surface area contributed by atoms with Crippen LogP contribution in [0, 0.1) is 16.0 Å². The lowest BCUT2D eigenvalue weighted by Crippen LogP contribution is -2.31. The summed E-state index contributed by atoms with van der Waals surface area (Å²) in [7, 11) is 1.40. The van der Waals surface area contributed by atoms with Crippen molar-refractivity contribution in [2.75, 3.05) is 20.2 Å². The maximum atomic E-state index is 12.0. The van der Waals surface area contributed by atoms with Gasteiger partial charge in [0.05, 0.1) is 17.6 Å². The van der Waals surface area contributed by atoms with Gasteiger partial charge >= 0.3 is 0 Å². The minimum Gasteiger partial charge on any atom is -0.496 e. The minimum absolute atomic E-state index is 0.133. The molecule has 0 aliphatic carbocycles. The summed E-state index contributed by atoms with van der Waals surface area (Å²) >= 11 is 0. The molecule has 0 bridgehead atoms. The summed E-state index contributed by atoms with van der Waals surface area (Å²) in [4.78, 5) is 22.1. The number of carbonyl (C=O) groups is 1. The summed E-state index contributed by atoms with van der Waals surface area (Å²) in [6.07, 6.45) is 0. The van der Waals surface area contributed by atoms with Crippen LogP contribution in [0.25, 0.3) is 0 Å². The fraction of sp³-hybridized carbons (Fsp3) is 0.417. The zero-order chi connectivity index (χ0) is 14.4. The Morgan fingerprint density at radius 3 is 2.79 bits per heavy atom. The van der Waals surface area contributed by atoms with E-state index in [1.165, 1.54) is 25.3 Å². The molecule has 0 heterocycles. The van der Waals surface area contributed by atoms with Crippen molar-refractivity contribution < 1.29 is 14.5 Å². The van der Waals surface area contributed by atoms with Crippen LogP contribution in [-0.4, -0.2) is 31.0 Å². The Morgan fingerprint density at radius 2 is 2.26 bits per heavy atom. The molecule has 0 aliphatic heterocycles. The van der Waals surface area contributed by atoms with Gasteiger partial charge in [-0.05, 0) is 18.5 Å². The molecule has 3 N–H and O–H groups in total. The van der Waals surface area contributed by atoms with Crippen molar-refractivity contribution in [2.24, 2.45) is 11.7 Å². The highest BCUT2D eigenvalue weighted by molar-refractivity contribution is 5.97. The number of nitrogens with two attached hydrogens (primary N) is 1. The van der Waals surface area contributed by atoms with E-state index < -0.39 is 10.8 Å². The molecule has 0 saturated carbocycles. The average Bonchev–Trinajstić information content (AvgIpc) is 2.43. The number of nitro groups is 1. The van der Waals surface area contributed by atoms with Crippen LogP contribution in [0.2, 0.25) is 0 Å². The van der Waals surface area contributed by atoms with Crippen molar-refractivity contribution in [3.8, 4) is 5.75 Å². The molecule has 104 valence electrons. The second-order valence-electron chi connectivity index (χ2n) is 4.19. The molecule has 7 nitrogen and oxygen atoms in total. The SMILES string of the molecule is COc1ccc([N+](=O)[O-])cc1C(=O)NCC(C)CN. The standard InChI is InChI=1S/C12H17N3O4/c1-8(6-13)7-14-12(16)10-5-9(15(17)18)3-4-11(10)19-2/h3-5,8H,6-7,13H2,1-2H3,(H,14,16). The first-order chi connectivity index (χ1) is 8.99. The average molecular weight is 267 g/mol. The fourth-order valence-electron chi connectivity index (χ4n) is 1.43. The topological polar surface area (TPSA) is 107 Å². The maximum absolute atomic E-state index is 12.0. The Kier molecular flexibility index (Phi) is 5.25. The Hall–Kier alpha value is -2.15. The smallest absolute Gasteiger partial charge is 0.270 e. The van der Waals surface area contributed by atoms with Crippen molar-refractivity contribution in [2.45, 2.75) is 6.92 Å². The van der Waals surface area contributed by atoms with E-state index in [-0.39, 0.29) is 17.2 Å². The van der Waals surface area contributed by atoms with Crippen LogP contribution >= 0.6 is 0 Å². The van der Waals surface area contributed by atoms with Gasteiger partial charge in [0.1, 0.15) is 5.75 Å². The van der Waals surface area contributed by atoms with E-state index in [4.69, 9.17) is 10.5 Å². The predicted octanol–water partition coefficient (Wildman–Crippen LogP) is 0.928. The lowest BCUT2D eigenvalue weighted by Gasteiger charge is -2.12. The number of methoxy groups -OCH3 is 1. The summed E-state index contributed by atoms with van der Waals surface area (Å²) in [6.45, 7) is 2.75. The maximum Gasteiger partial charge on any atom is 0.270 e. The van der Waals surface area contributed by atoms with Gasteiger partial charge in [-0.15, -0.1) is 0 Å². The van der Waals surface area contributed by atoms with Crippen LogP contribution in [0.15, 0.2) is 18.2 Å². The molecule has 0 saturated heterocycles. The van der Waals surface area contributed by atoms with Crippen LogP contribution in [0.1, 0.15) is 17.3 Å². The molecule has 1 amide bonds. The Bertz CT molecular complexity index is 476. The van der Waals surface area contributed by atoms with Crippen LogP contribution in [0.3, 0.4) is 0 Å². The molecule has 1 unspecified atom stereocenters. The Morgan fingerprint density at radius 1 is 1.58 bits per heavy atom. The van der Waals surface area contributed by atoms with Crippen molar-refractivity contribution in [1.29, 1.82) is 0 Å². The molecule has 0 aliphatic rings. The normalized spacial score (nSPS) is 11.7. The number of nitro benzene ring substituents is 1. The van der Waals surface area contributed by atoms with Crippen LogP contribution in [0.5, 0.6) is 5.75 Å². The summed E-state index contributed by atoms with van der Waals surface area (Å²) in [6, 6.07) is 3.89. The molecule has 1 rings (SSSR count). The van der Waals surface area contributed by atoms with Gasteiger partial charge in [0, 0.05) is 18.7 Å². The van der Waals surface area contributed by atoms with Gasteiger partial charge in [-0.1, -0.05) is 6.92 Å². The first kappa shape index (κ1) is 14.9. The molecule has 1 aromatic rings. The third-order valence-electron chi connectivity index (χ3n) is 2.65. The van der Waals surface area contributed by atoms with E-state index in [0.717, 1.165) is 0 Å². The van der Waals surface area contributed by atoms with Gasteiger partial charge in [0.25, 0.3) is 11.6 Å². The summed E-state index contributed by atoms with van der Waals surface area (Å²) in [5.74, 6) is 0.0120. The number of benzene rings is 1. The quantitative estimate of drug-likeness (QED) is 0.588. The molecular weight excluding hydrogens is 250 g/mol. The highest BCUT2D eigenvalue weighted by atomic mass is 16.6. The summed E-state index contributed by atoms with van der Waals surface area (Å²) < 4.78 is 5.03. The number of hydrogen-bond acceptors (Lipinski definition) is 5. The zero-order valence-corrected chi connectivity index (χ0v) is 10.9. The lowest BCUT2D eigenvalue weighted by atomic mass is 10.1. The van der Waals surface area contributed by atoms with Gasteiger partial charge in [0.2, 0.25) is 0 Å². The number of amides is 1. The van der Waals surface area contributed by atoms with Crippen LogP contribution < -0.4 is 15.8 Å². The highest BCUT2D eigenvalue weighted by Gasteiger charge is 2.17. The number of ether oxygens (including phenoxy) is 1. The minimum atomic E-state index is -0.557. The van der Waals surface area contributed by atoms with Crippen LogP contribution in [0.4, 0.5) is 5.69 Å². The van der Waals surface area contributed by atoms with E-state index in [2.05, 4.69) is 5.32 Å². The lowest BCUT2D eigenvalue weighted by molar-refractivity contribution is -0.384. The van der Waals surface area contributed by atoms with E-state index >= 15 is 0 Å². The van der Waals surface area contributed by atoms with Crippen molar-refractivity contribution in [1.82, 2.24) is 5.32 Å². The van der Waals surface area contributed by atoms with Crippen molar-refractivity contribution >= 4 is 11.6 Å². The molecule has 0 spiro atoms. The number of hydrogen-bond donors (Lipinski definition) is 2. The zero-order valence-electron chi connectivity index (χ0n) is 10.9.